The predicted molar refractivity (Wildman–Crippen MR) is 201 cm³/mol. The fraction of sp³-hybridized carbons (Fsp3) is 0.0233. The molecule has 2 heterocycles. The molecule has 10 nitrogen and oxygen atoms in total. The van der Waals surface area contributed by atoms with E-state index in [4.69, 9.17) is 8.83 Å². The number of aliphatic hydroxyl groups is 1. The third-order valence-electron chi connectivity index (χ3n) is 9.27. The molecule has 3 aliphatic carbocycles. The molecule has 0 atom stereocenters. The first-order valence-corrected chi connectivity index (χ1v) is 16.3. The van der Waals surface area contributed by atoms with Crippen molar-refractivity contribution < 1.29 is 38.8 Å². The van der Waals surface area contributed by atoms with Crippen molar-refractivity contribution >= 4 is 45.3 Å². The number of aromatic carboxylic acids is 2. The highest BCUT2D eigenvalue weighted by atomic mass is 16.4. The zero-order valence-electron chi connectivity index (χ0n) is 27.5. The van der Waals surface area contributed by atoms with Crippen molar-refractivity contribution in [1.29, 1.82) is 0 Å². The lowest BCUT2D eigenvalue weighted by atomic mass is 9.82. The van der Waals surface area contributed by atoms with E-state index in [1.165, 1.54) is 60.7 Å². The maximum absolute atomic E-state index is 13.4. The van der Waals surface area contributed by atoms with Crippen LogP contribution < -0.4 is 10.9 Å². The molecule has 4 N–H and O–H groups in total. The maximum Gasteiger partial charge on any atom is 0.336 e. The summed E-state index contributed by atoms with van der Waals surface area (Å²) in [6.07, 6.45) is 8.28. The minimum absolute atomic E-state index is 0.00304. The number of aliphatic hydroxyl groups excluding tert-OH is 1. The second-order valence-electron chi connectivity index (χ2n) is 12.5. The maximum atomic E-state index is 13.4. The summed E-state index contributed by atoms with van der Waals surface area (Å²) in [4.78, 5) is 51.8. The quantitative estimate of drug-likeness (QED) is 0.102. The molecule has 0 fully saturated rings. The highest BCUT2D eigenvalue weighted by Gasteiger charge is 2.31. The minimum atomic E-state index is -1.40. The number of carbonyl (C=O) groups is 2. The summed E-state index contributed by atoms with van der Waals surface area (Å²) in [6.45, 7) is 4.20. The summed E-state index contributed by atoms with van der Waals surface area (Å²) in [6, 6.07) is 18.8. The molecule has 0 amide bonds. The highest BCUT2D eigenvalue weighted by Crippen LogP contribution is 2.49. The van der Waals surface area contributed by atoms with E-state index in [1.54, 1.807) is 48.6 Å². The monoisotopic (exact) mass is 702 g/mol. The van der Waals surface area contributed by atoms with Crippen LogP contribution in [0.2, 0.25) is 0 Å². The van der Waals surface area contributed by atoms with Crippen molar-refractivity contribution in [3.05, 3.63) is 158 Å². The van der Waals surface area contributed by atoms with E-state index >= 15 is 0 Å². The van der Waals surface area contributed by atoms with Gasteiger partial charge >= 0.3 is 11.9 Å². The fourth-order valence-electron chi connectivity index (χ4n) is 7.02. The largest absolute Gasteiger partial charge is 0.512 e. The van der Waals surface area contributed by atoms with Gasteiger partial charge in [-0.2, -0.15) is 0 Å². The lowest BCUT2D eigenvalue weighted by Crippen LogP contribution is -2.10. The van der Waals surface area contributed by atoms with Gasteiger partial charge in [-0.1, -0.05) is 55.1 Å². The number of aromatic hydroxyl groups is 1. The highest BCUT2D eigenvalue weighted by molar-refractivity contribution is 6.20. The van der Waals surface area contributed by atoms with Gasteiger partial charge in [-0.15, -0.1) is 0 Å². The van der Waals surface area contributed by atoms with Gasteiger partial charge in [0.15, 0.2) is 10.9 Å². The van der Waals surface area contributed by atoms with Crippen LogP contribution in [-0.2, 0) is 0 Å². The van der Waals surface area contributed by atoms with Crippen LogP contribution in [0, 0.1) is 0 Å². The number of fused-ring (bicyclic) bond motifs is 6. The van der Waals surface area contributed by atoms with Crippen molar-refractivity contribution in [3.8, 4) is 50.7 Å². The van der Waals surface area contributed by atoms with Crippen LogP contribution in [0.25, 0.3) is 78.3 Å². The van der Waals surface area contributed by atoms with E-state index in [1.807, 2.05) is 0 Å². The lowest BCUT2D eigenvalue weighted by molar-refractivity contribution is 0.0682. The Bertz CT molecular complexity index is 2900. The summed E-state index contributed by atoms with van der Waals surface area (Å²) >= 11 is 0. The molecule has 0 unspecified atom stereocenters. The van der Waals surface area contributed by atoms with Gasteiger partial charge in [0, 0.05) is 69.3 Å². The molecule has 0 saturated heterocycles. The molecule has 0 saturated carbocycles. The van der Waals surface area contributed by atoms with Crippen LogP contribution in [0.5, 0.6) is 5.75 Å². The minimum Gasteiger partial charge on any atom is -0.512 e. The van der Waals surface area contributed by atoms with Gasteiger partial charge in [-0.25, -0.2) is 9.59 Å². The molecule has 10 heteroatoms. The molecule has 0 bridgehead atoms. The Hall–Kier alpha value is -7.46. The lowest BCUT2D eigenvalue weighted by Gasteiger charge is -2.23. The van der Waals surface area contributed by atoms with Crippen molar-refractivity contribution in [3.63, 3.8) is 0 Å². The summed E-state index contributed by atoms with van der Waals surface area (Å²) < 4.78 is 12.3. The van der Waals surface area contributed by atoms with Gasteiger partial charge in [-0.3, -0.25) is 9.59 Å². The Balaban J connectivity index is 1.56. The summed E-state index contributed by atoms with van der Waals surface area (Å²) in [5, 5.41) is 44.8. The van der Waals surface area contributed by atoms with Gasteiger partial charge in [0.05, 0.1) is 16.9 Å². The number of phenols is 1. The number of allylic oxidation sites excluding steroid dienone is 5. The van der Waals surface area contributed by atoms with Crippen molar-refractivity contribution in [1.82, 2.24) is 0 Å². The number of phenolic OH excluding ortho intramolecular Hbond substituents is 1. The first kappa shape index (κ1) is 32.7. The molecule has 0 radical (unpaired) electrons. The van der Waals surface area contributed by atoms with E-state index in [0.717, 1.165) is 0 Å². The topological polar surface area (TPSA) is 175 Å². The zero-order chi connectivity index (χ0) is 37.1. The number of rotatable bonds is 4. The Morgan fingerprint density at radius 2 is 1.26 bits per heavy atom. The van der Waals surface area contributed by atoms with E-state index in [0.29, 0.717) is 32.9 Å². The van der Waals surface area contributed by atoms with E-state index in [2.05, 4.69) is 6.58 Å². The second kappa shape index (κ2) is 12.4. The van der Waals surface area contributed by atoms with E-state index < -0.39 is 17.4 Å². The molecule has 8 rings (SSSR count). The van der Waals surface area contributed by atoms with Gasteiger partial charge in [-0.05, 0) is 58.5 Å². The third-order valence-corrected chi connectivity index (χ3v) is 9.27. The van der Waals surface area contributed by atoms with Crippen molar-refractivity contribution in [2.45, 2.75) is 6.42 Å². The van der Waals surface area contributed by atoms with Crippen molar-refractivity contribution in [2.24, 2.45) is 0 Å². The van der Waals surface area contributed by atoms with Gasteiger partial charge < -0.3 is 29.3 Å². The van der Waals surface area contributed by atoms with E-state index in [9.17, 15) is 39.6 Å². The molecule has 3 aromatic carbocycles. The van der Waals surface area contributed by atoms with Crippen molar-refractivity contribution in [2.75, 3.05) is 0 Å². The molecule has 258 valence electrons. The van der Waals surface area contributed by atoms with Crippen LogP contribution >= 0.6 is 0 Å². The fourth-order valence-corrected chi connectivity index (χ4v) is 7.02. The van der Waals surface area contributed by atoms with Gasteiger partial charge in [0.1, 0.15) is 28.6 Å². The molecular weight excluding hydrogens is 676 g/mol. The Kier molecular flexibility index (Phi) is 7.65. The Labute approximate surface area is 299 Å². The zero-order valence-corrected chi connectivity index (χ0v) is 27.5. The van der Waals surface area contributed by atoms with Crippen LogP contribution in [0.1, 0.15) is 38.5 Å². The van der Waals surface area contributed by atoms with Crippen LogP contribution in [0.3, 0.4) is 0 Å². The average molecular weight is 703 g/mol. The first-order valence-electron chi connectivity index (χ1n) is 16.3. The predicted octanol–water partition coefficient (Wildman–Crippen LogP) is 8.97. The summed E-state index contributed by atoms with van der Waals surface area (Å²) in [7, 11) is 0. The molecular formula is C43H26O10. The SMILES string of the molecule is C=C1/C=C\C=C/C/C(O)=C\c2oc3cc(=O)ccc-3c(-c3cc(C(=O)O)c(-c4c5ccc(=O)cc-5oc5cc(O)c6ccccc6c45)cc3C(=O)O)c21. The average Bonchev–Trinajstić information content (AvgIpc) is 3.12. The standard InChI is InChI=1S/C43H26O10/c1-21-7-3-2-4-8-22(44)17-36-38(21)39(27-13-11-23(45)15-34(27)52-36)29-18-32(43(50)51)30(19-31(29)42(48)49)40-28-14-12-24(46)16-35(28)53-37-20-33(47)25-9-5-6-10-26(25)41(37)40/h2-7,9-20,44,47H,1,8H2,(H,48,49)(H,50,51)/b4-2-,7-3-,22-17+. The van der Waals surface area contributed by atoms with Crippen LogP contribution in [0.15, 0.2) is 134 Å². The Morgan fingerprint density at radius 3 is 1.92 bits per heavy atom. The normalized spacial score (nSPS) is 15.2. The van der Waals surface area contributed by atoms with Crippen LogP contribution in [0.4, 0.5) is 0 Å². The molecule has 0 aromatic heterocycles. The van der Waals surface area contributed by atoms with E-state index in [-0.39, 0.29) is 85.2 Å². The smallest absolute Gasteiger partial charge is 0.336 e. The third kappa shape index (κ3) is 5.46. The molecule has 3 aromatic rings. The number of carboxylic acid groups (broad SMARTS) is 2. The van der Waals surface area contributed by atoms with Gasteiger partial charge in [0.2, 0.25) is 0 Å². The van der Waals surface area contributed by atoms with Gasteiger partial charge in [0.25, 0.3) is 0 Å². The second-order valence-corrected chi connectivity index (χ2v) is 12.5. The summed E-state index contributed by atoms with van der Waals surface area (Å²) in [5.41, 5.74) is 0.440. The van der Waals surface area contributed by atoms with Crippen LogP contribution in [-0.4, -0.2) is 32.4 Å². The molecule has 2 aliphatic heterocycles. The summed E-state index contributed by atoms with van der Waals surface area (Å²) in [5.74, 6) is -2.78. The number of carboxylic acids is 2. The molecule has 0 spiro atoms. The Morgan fingerprint density at radius 1 is 0.660 bits per heavy atom. The first-order chi connectivity index (χ1) is 25.5. The number of benzene rings is 5. The molecule has 5 aliphatic rings. The number of hydrogen-bond acceptors (Lipinski definition) is 8. The molecule has 53 heavy (non-hydrogen) atoms. The number of hydrogen-bond donors (Lipinski definition) is 4.